The van der Waals surface area contributed by atoms with Gasteiger partial charge in [-0.2, -0.15) is 0 Å². The van der Waals surface area contributed by atoms with Crippen molar-refractivity contribution in [3.8, 4) is 0 Å². The van der Waals surface area contributed by atoms with Gasteiger partial charge in [-0.05, 0) is 37.3 Å². The summed E-state index contributed by atoms with van der Waals surface area (Å²) in [5, 5.41) is 3.59. The van der Waals surface area contributed by atoms with Crippen LogP contribution in [0, 0.1) is 12.8 Å². The number of halogens is 2. The Morgan fingerprint density at radius 2 is 1.83 bits per heavy atom. The van der Waals surface area contributed by atoms with Gasteiger partial charge in [-0.25, -0.2) is 0 Å². The minimum Gasteiger partial charge on any atom is -0.326 e. The molecule has 0 bridgehead atoms. The van der Waals surface area contributed by atoms with E-state index in [0.717, 1.165) is 11.3 Å². The number of hydrogen-bond donors (Lipinski definition) is 1. The fourth-order valence-electron chi connectivity index (χ4n) is 2.68. The summed E-state index contributed by atoms with van der Waals surface area (Å²) in [4.78, 5) is 26.3. The van der Waals surface area contributed by atoms with Gasteiger partial charge in [0.15, 0.2) is 0 Å². The maximum absolute atomic E-state index is 12.4. The van der Waals surface area contributed by atoms with E-state index >= 15 is 0 Å². The molecule has 2 aromatic rings. The van der Waals surface area contributed by atoms with E-state index in [2.05, 4.69) is 5.32 Å². The van der Waals surface area contributed by atoms with Crippen LogP contribution in [0.4, 0.5) is 11.4 Å². The molecule has 1 aliphatic heterocycles. The number of anilines is 2. The van der Waals surface area contributed by atoms with Gasteiger partial charge in [-0.3, -0.25) is 9.59 Å². The molecule has 3 rings (SSSR count). The van der Waals surface area contributed by atoms with E-state index in [1.54, 1.807) is 23.1 Å². The molecule has 4 nitrogen and oxygen atoms in total. The molecule has 0 aliphatic carbocycles. The number of carbonyl (C=O) groups excluding carboxylic acids is 2. The van der Waals surface area contributed by atoms with Crippen molar-refractivity contribution in [3.63, 3.8) is 0 Å². The molecule has 1 N–H and O–H groups in total. The molecule has 1 aliphatic rings. The fraction of sp³-hybridized carbons (Fsp3) is 0.222. The fourth-order valence-corrected chi connectivity index (χ4v) is 2.97. The zero-order valence-corrected chi connectivity index (χ0v) is 14.6. The monoisotopic (exact) mass is 362 g/mol. The van der Waals surface area contributed by atoms with Crippen LogP contribution in [0.1, 0.15) is 12.0 Å². The minimum absolute atomic E-state index is 0.0480. The highest BCUT2D eigenvalue weighted by Gasteiger charge is 2.35. The van der Waals surface area contributed by atoms with Crippen molar-refractivity contribution in [2.45, 2.75) is 13.3 Å². The first-order valence-corrected chi connectivity index (χ1v) is 8.32. The van der Waals surface area contributed by atoms with Gasteiger partial charge in [-0.1, -0.05) is 40.9 Å². The number of hydrogen-bond acceptors (Lipinski definition) is 2. The van der Waals surface area contributed by atoms with Crippen LogP contribution in [-0.4, -0.2) is 18.4 Å². The molecule has 1 atom stereocenters. The number of carbonyl (C=O) groups is 2. The first-order chi connectivity index (χ1) is 11.4. The average Bonchev–Trinajstić information content (AvgIpc) is 2.94. The summed E-state index contributed by atoms with van der Waals surface area (Å²) in [5.41, 5.74) is 2.50. The maximum atomic E-state index is 12.4. The smallest absolute Gasteiger partial charge is 0.229 e. The van der Waals surface area contributed by atoms with Crippen molar-refractivity contribution in [2.24, 2.45) is 5.92 Å². The third-order valence-corrected chi connectivity index (χ3v) is 4.77. The molecule has 0 aromatic heterocycles. The van der Waals surface area contributed by atoms with E-state index in [1.807, 2.05) is 31.2 Å². The summed E-state index contributed by atoms with van der Waals surface area (Å²) in [5.74, 6) is -0.641. The molecule has 0 saturated carbocycles. The second-order valence-corrected chi connectivity index (χ2v) is 6.67. The molecular formula is C18H16Cl2N2O2. The summed E-state index contributed by atoms with van der Waals surface area (Å²) in [6, 6.07) is 12.6. The second kappa shape index (κ2) is 6.83. The van der Waals surface area contributed by atoms with Crippen LogP contribution in [0.5, 0.6) is 0 Å². The summed E-state index contributed by atoms with van der Waals surface area (Å²) in [7, 11) is 0. The van der Waals surface area contributed by atoms with Crippen molar-refractivity contribution in [3.05, 3.63) is 58.1 Å². The number of rotatable bonds is 3. The molecule has 0 radical (unpaired) electrons. The lowest BCUT2D eigenvalue weighted by atomic mass is 10.1. The van der Waals surface area contributed by atoms with Crippen molar-refractivity contribution in [2.75, 3.05) is 16.8 Å². The van der Waals surface area contributed by atoms with E-state index < -0.39 is 5.92 Å². The van der Waals surface area contributed by atoms with Crippen molar-refractivity contribution in [1.29, 1.82) is 0 Å². The largest absolute Gasteiger partial charge is 0.326 e. The summed E-state index contributed by atoms with van der Waals surface area (Å²) < 4.78 is 0. The Balaban J connectivity index is 1.69. The Morgan fingerprint density at radius 1 is 1.12 bits per heavy atom. The standard InChI is InChI=1S/C18H16Cl2N2O2/c1-11-2-5-14(6-3-11)22-10-12(8-17(22)23)18(24)21-13-4-7-15(19)16(20)9-13/h2-7,9,12H,8,10H2,1H3,(H,21,24). The SMILES string of the molecule is Cc1ccc(N2CC(C(=O)Nc3ccc(Cl)c(Cl)c3)CC2=O)cc1. The van der Waals surface area contributed by atoms with Crippen LogP contribution < -0.4 is 10.2 Å². The van der Waals surface area contributed by atoms with Gasteiger partial charge in [0.2, 0.25) is 11.8 Å². The number of aryl methyl sites for hydroxylation is 1. The Kier molecular flexibility index (Phi) is 4.78. The van der Waals surface area contributed by atoms with E-state index in [1.165, 1.54) is 0 Å². The molecule has 1 fully saturated rings. The molecule has 0 spiro atoms. The zero-order valence-electron chi connectivity index (χ0n) is 13.1. The van der Waals surface area contributed by atoms with Crippen molar-refractivity contribution >= 4 is 46.4 Å². The highest BCUT2D eigenvalue weighted by Crippen LogP contribution is 2.28. The van der Waals surface area contributed by atoms with Crippen LogP contribution in [0.15, 0.2) is 42.5 Å². The Labute approximate surface area is 150 Å². The van der Waals surface area contributed by atoms with Gasteiger partial charge in [0.05, 0.1) is 16.0 Å². The highest BCUT2D eigenvalue weighted by atomic mass is 35.5. The molecule has 1 unspecified atom stereocenters. The van der Waals surface area contributed by atoms with Crippen molar-refractivity contribution in [1.82, 2.24) is 0 Å². The van der Waals surface area contributed by atoms with Crippen LogP contribution in [-0.2, 0) is 9.59 Å². The van der Waals surface area contributed by atoms with Gasteiger partial charge in [-0.15, -0.1) is 0 Å². The lowest BCUT2D eigenvalue weighted by Gasteiger charge is -2.17. The number of benzene rings is 2. The molecule has 124 valence electrons. The summed E-state index contributed by atoms with van der Waals surface area (Å²) in [6.45, 7) is 2.36. The van der Waals surface area contributed by atoms with Crippen LogP contribution in [0.2, 0.25) is 10.0 Å². The van der Waals surface area contributed by atoms with Gasteiger partial charge in [0.25, 0.3) is 0 Å². The first-order valence-electron chi connectivity index (χ1n) is 7.57. The zero-order chi connectivity index (χ0) is 17.3. The van der Waals surface area contributed by atoms with Gasteiger partial charge < -0.3 is 10.2 Å². The molecule has 2 amide bonds. The van der Waals surface area contributed by atoms with E-state index in [-0.39, 0.29) is 18.2 Å². The predicted molar refractivity (Wildman–Crippen MR) is 96.7 cm³/mol. The Morgan fingerprint density at radius 3 is 2.50 bits per heavy atom. The molecule has 2 aromatic carbocycles. The molecule has 1 heterocycles. The summed E-state index contributed by atoms with van der Waals surface area (Å²) >= 11 is 11.8. The lowest BCUT2D eigenvalue weighted by molar-refractivity contribution is -0.122. The third kappa shape index (κ3) is 3.55. The van der Waals surface area contributed by atoms with E-state index in [9.17, 15) is 9.59 Å². The predicted octanol–water partition coefficient (Wildman–Crippen LogP) is 4.29. The molecule has 6 heteroatoms. The minimum atomic E-state index is -0.395. The molecule has 1 saturated heterocycles. The van der Waals surface area contributed by atoms with Gasteiger partial charge >= 0.3 is 0 Å². The van der Waals surface area contributed by atoms with Crippen LogP contribution in [0.25, 0.3) is 0 Å². The summed E-state index contributed by atoms with van der Waals surface area (Å²) in [6.07, 6.45) is 0.195. The Hall–Kier alpha value is -2.04. The number of nitrogens with zero attached hydrogens (tertiary/aromatic N) is 1. The molecular weight excluding hydrogens is 347 g/mol. The van der Waals surface area contributed by atoms with E-state index in [0.29, 0.717) is 22.3 Å². The van der Waals surface area contributed by atoms with Crippen molar-refractivity contribution < 1.29 is 9.59 Å². The quantitative estimate of drug-likeness (QED) is 0.884. The third-order valence-electron chi connectivity index (χ3n) is 4.03. The number of amides is 2. The lowest BCUT2D eigenvalue weighted by Crippen LogP contribution is -2.28. The van der Waals surface area contributed by atoms with Crippen LogP contribution in [0.3, 0.4) is 0 Å². The topological polar surface area (TPSA) is 49.4 Å². The van der Waals surface area contributed by atoms with Crippen LogP contribution >= 0.6 is 23.2 Å². The average molecular weight is 363 g/mol. The highest BCUT2D eigenvalue weighted by molar-refractivity contribution is 6.42. The Bertz CT molecular complexity index is 790. The van der Waals surface area contributed by atoms with Gasteiger partial charge in [0.1, 0.15) is 0 Å². The molecule has 24 heavy (non-hydrogen) atoms. The van der Waals surface area contributed by atoms with E-state index in [4.69, 9.17) is 23.2 Å². The first kappa shape index (κ1) is 16.8. The second-order valence-electron chi connectivity index (χ2n) is 5.86. The maximum Gasteiger partial charge on any atom is 0.229 e. The number of nitrogens with one attached hydrogen (secondary N) is 1. The van der Waals surface area contributed by atoms with Gasteiger partial charge in [0, 0.05) is 24.3 Å². The normalized spacial score (nSPS) is 17.2.